The fourth-order valence-electron chi connectivity index (χ4n) is 3.82. The van der Waals surface area contributed by atoms with Crippen molar-refractivity contribution in [2.45, 2.75) is 20.4 Å². The Balaban J connectivity index is 1.47. The second kappa shape index (κ2) is 10.1. The molecule has 4 rings (SSSR count). The molecule has 35 heavy (non-hydrogen) atoms. The highest BCUT2D eigenvalue weighted by Gasteiger charge is 2.19. The summed E-state index contributed by atoms with van der Waals surface area (Å²) in [5, 5.41) is 26.7. The number of carbonyl (C=O) groups is 1. The summed E-state index contributed by atoms with van der Waals surface area (Å²) in [6.45, 7) is 4.11. The van der Waals surface area contributed by atoms with Crippen LogP contribution in [0, 0.1) is 13.8 Å². The first-order valence-corrected chi connectivity index (χ1v) is 11.0. The lowest BCUT2D eigenvalue weighted by Gasteiger charge is -2.12. The normalized spacial score (nSPS) is 10.6. The Bertz CT molecular complexity index is 1320. The topological polar surface area (TPSA) is 137 Å². The molecule has 180 valence electrons. The Morgan fingerprint density at radius 2 is 1.66 bits per heavy atom. The van der Waals surface area contributed by atoms with Gasteiger partial charge >= 0.3 is 0 Å². The molecular weight excluding hydrogens is 444 g/mol. The van der Waals surface area contributed by atoms with Crippen LogP contribution in [0.4, 0.5) is 28.7 Å². The van der Waals surface area contributed by atoms with Gasteiger partial charge in [-0.2, -0.15) is 5.10 Å². The molecule has 1 amide bonds. The van der Waals surface area contributed by atoms with Gasteiger partial charge in [-0.15, -0.1) is 0 Å². The van der Waals surface area contributed by atoms with Gasteiger partial charge in [0.25, 0.3) is 5.91 Å². The maximum Gasteiger partial charge on any atom is 0.256 e. The zero-order valence-electron chi connectivity index (χ0n) is 19.8. The number of para-hydroxylation sites is 2. The summed E-state index contributed by atoms with van der Waals surface area (Å²) >= 11 is 0. The van der Waals surface area contributed by atoms with E-state index in [9.17, 15) is 9.90 Å². The van der Waals surface area contributed by atoms with Crippen molar-refractivity contribution in [3.05, 3.63) is 82.9 Å². The maximum atomic E-state index is 12.2. The van der Waals surface area contributed by atoms with E-state index in [1.807, 2.05) is 74.5 Å². The van der Waals surface area contributed by atoms with E-state index in [1.54, 1.807) is 7.11 Å². The number of carbonyl (C=O) groups excluding carboxylic acids is 1. The van der Waals surface area contributed by atoms with Crippen LogP contribution in [0.5, 0.6) is 11.5 Å². The molecule has 3 aromatic carbocycles. The summed E-state index contributed by atoms with van der Waals surface area (Å²) in [6, 6.07) is 19.0. The predicted octanol–water partition coefficient (Wildman–Crippen LogP) is 4.94. The molecule has 9 nitrogen and oxygen atoms in total. The lowest BCUT2D eigenvalue weighted by Crippen LogP contribution is -2.15. The number of H-pyrrole nitrogens is 1. The smallest absolute Gasteiger partial charge is 0.256 e. The summed E-state index contributed by atoms with van der Waals surface area (Å²) in [4.78, 5) is 12.2. The zero-order valence-corrected chi connectivity index (χ0v) is 19.8. The van der Waals surface area contributed by atoms with Gasteiger partial charge < -0.3 is 31.5 Å². The van der Waals surface area contributed by atoms with Crippen LogP contribution in [0.15, 0.2) is 60.7 Å². The first kappa shape index (κ1) is 23.5. The largest absolute Gasteiger partial charge is 0.507 e. The number of anilines is 5. The fourth-order valence-corrected chi connectivity index (χ4v) is 3.82. The third-order valence-electron chi connectivity index (χ3n) is 5.57. The van der Waals surface area contributed by atoms with E-state index in [1.165, 1.54) is 0 Å². The van der Waals surface area contributed by atoms with E-state index < -0.39 is 5.91 Å². The molecule has 0 saturated carbocycles. The van der Waals surface area contributed by atoms with Gasteiger partial charge in [-0.05, 0) is 66.9 Å². The molecule has 0 atom stereocenters. The van der Waals surface area contributed by atoms with Crippen LogP contribution >= 0.6 is 0 Å². The van der Waals surface area contributed by atoms with Crippen LogP contribution in [-0.4, -0.2) is 28.3 Å². The Labute approximate surface area is 203 Å². The molecular formula is C26H28N6O3. The lowest BCUT2D eigenvalue weighted by atomic mass is 10.1. The number of benzene rings is 3. The number of ether oxygens (including phenoxy) is 1. The molecule has 0 saturated heterocycles. The van der Waals surface area contributed by atoms with Crippen LogP contribution in [0.1, 0.15) is 27.0 Å². The highest BCUT2D eigenvalue weighted by atomic mass is 16.5. The van der Waals surface area contributed by atoms with E-state index in [-0.39, 0.29) is 11.3 Å². The Kier molecular flexibility index (Phi) is 6.77. The van der Waals surface area contributed by atoms with E-state index in [2.05, 4.69) is 26.1 Å². The van der Waals surface area contributed by atoms with Crippen molar-refractivity contribution in [3.8, 4) is 11.5 Å². The van der Waals surface area contributed by atoms with Gasteiger partial charge in [0, 0.05) is 17.9 Å². The van der Waals surface area contributed by atoms with E-state index in [0.29, 0.717) is 18.2 Å². The first-order chi connectivity index (χ1) is 16.9. The number of hydrogen-bond acceptors (Lipinski definition) is 7. The number of aromatic amines is 1. The number of hydrogen-bond donors (Lipinski definition) is 6. The van der Waals surface area contributed by atoms with Crippen LogP contribution in [0.25, 0.3) is 0 Å². The zero-order chi connectivity index (χ0) is 24.9. The number of phenols is 1. The molecule has 0 spiro atoms. The molecule has 1 aromatic heterocycles. The Morgan fingerprint density at radius 1 is 1.03 bits per heavy atom. The Hall–Kier alpha value is -4.66. The lowest BCUT2D eigenvalue weighted by molar-refractivity contribution is 0.100. The van der Waals surface area contributed by atoms with E-state index in [0.717, 1.165) is 39.5 Å². The number of phenolic OH excluding ortho intramolecular Hbond substituents is 1. The van der Waals surface area contributed by atoms with Crippen molar-refractivity contribution < 1.29 is 14.6 Å². The van der Waals surface area contributed by atoms with Gasteiger partial charge in [-0.3, -0.25) is 9.89 Å². The van der Waals surface area contributed by atoms with Crippen molar-refractivity contribution in [1.82, 2.24) is 10.2 Å². The maximum absolute atomic E-state index is 12.2. The van der Waals surface area contributed by atoms with Gasteiger partial charge in [0.1, 0.15) is 22.9 Å². The van der Waals surface area contributed by atoms with Crippen molar-refractivity contribution in [3.63, 3.8) is 0 Å². The minimum atomic E-state index is -0.615. The van der Waals surface area contributed by atoms with Crippen LogP contribution < -0.4 is 26.4 Å². The predicted molar refractivity (Wildman–Crippen MR) is 138 cm³/mol. The minimum absolute atomic E-state index is 0.230. The van der Waals surface area contributed by atoms with Crippen molar-refractivity contribution in [1.29, 1.82) is 0 Å². The van der Waals surface area contributed by atoms with Crippen LogP contribution in [0.3, 0.4) is 0 Å². The average molecular weight is 473 g/mol. The molecule has 0 aliphatic rings. The number of aromatic nitrogens is 2. The Morgan fingerprint density at radius 3 is 2.29 bits per heavy atom. The van der Waals surface area contributed by atoms with E-state index in [4.69, 9.17) is 10.5 Å². The first-order valence-electron chi connectivity index (χ1n) is 11.0. The quantitative estimate of drug-likeness (QED) is 0.203. The highest BCUT2D eigenvalue weighted by Crippen LogP contribution is 2.29. The summed E-state index contributed by atoms with van der Waals surface area (Å²) in [5.41, 5.74) is 10.9. The number of aromatic hydroxyl groups is 1. The number of amides is 1. The highest BCUT2D eigenvalue weighted by molar-refractivity contribution is 6.03. The third kappa shape index (κ3) is 5.30. The molecule has 0 unspecified atom stereocenters. The molecule has 0 radical (unpaired) electrons. The number of aryl methyl sites for hydroxylation is 2. The van der Waals surface area contributed by atoms with Gasteiger partial charge in [0.2, 0.25) is 0 Å². The minimum Gasteiger partial charge on any atom is -0.507 e. The van der Waals surface area contributed by atoms with Crippen LogP contribution in [0.2, 0.25) is 0 Å². The van der Waals surface area contributed by atoms with Gasteiger partial charge in [-0.25, -0.2) is 0 Å². The number of nitrogens with one attached hydrogen (secondary N) is 4. The summed E-state index contributed by atoms with van der Waals surface area (Å²) in [7, 11) is 1.63. The molecule has 0 aliphatic carbocycles. The molecule has 0 bridgehead atoms. The molecule has 7 N–H and O–H groups in total. The second-order valence-electron chi connectivity index (χ2n) is 8.15. The van der Waals surface area contributed by atoms with Crippen molar-refractivity contribution >= 4 is 34.6 Å². The average Bonchev–Trinajstić information content (AvgIpc) is 3.25. The fraction of sp³-hybridized carbons (Fsp3) is 0.154. The second-order valence-corrected chi connectivity index (χ2v) is 8.15. The molecule has 1 heterocycles. The summed E-state index contributed by atoms with van der Waals surface area (Å²) in [5.74, 6) is 1.15. The summed E-state index contributed by atoms with van der Waals surface area (Å²) in [6.07, 6.45) is 0. The molecule has 9 heteroatoms. The standard InChI is InChI=1S/C26H28N6O3/c1-15-12-17(13-16(2)23(15)33)14-28-25-22(24(27)34)26(32-31-25)30-19-10-8-18(9-11-19)29-20-6-4-5-7-21(20)35-3/h4-13,29,33H,14H2,1-3H3,(H2,27,34)(H3,28,30,31,32). The molecule has 0 aliphatic heterocycles. The monoisotopic (exact) mass is 472 g/mol. The SMILES string of the molecule is COc1ccccc1Nc1ccc(Nc2n[nH]c(NCc3cc(C)c(O)c(C)c3)c2C(N)=O)cc1. The number of primary amides is 1. The molecule has 4 aromatic rings. The van der Waals surface area contributed by atoms with Crippen molar-refractivity contribution in [2.24, 2.45) is 5.73 Å². The number of nitrogens with two attached hydrogens (primary N) is 1. The molecule has 0 fully saturated rings. The van der Waals surface area contributed by atoms with Gasteiger partial charge in [0.15, 0.2) is 5.82 Å². The van der Waals surface area contributed by atoms with E-state index >= 15 is 0 Å². The number of nitrogens with zero attached hydrogens (tertiary/aromatic N) is 1. The van der Waals surface area contributed by atoms with Gasteiger partial charge in [0.05, 0.1) is 12.8 Å². The summed E-state index contributed by atoms with van der Waals surface area (Å²) < 4.78 is 5.38. The van der Waals surface area contributed by atoms with Gasteiger partial charge in [-0.1, -0.05) is 24.3 Å². The van der Waals surface area contributed by atoms with Crippen molar-refractivity contribution in [2.75, 3.05) is 23.1 Å². The number of rotatable bonds is 9. The van der Waals surface area contributed by atoms with Crippen LogP contribution in [-0.2, 0) is 6.54 Å². The third-order valence-corrected chi connectivity index (χ3v) is 5.57. The number of methoxy groups -OCH3 is 1.